The maximum Gasteiger partial charge on any atom is 0.121 e. The molecular formula is C10H9Br2NO2S2. The molecule has 1 N–H and O–H groups in total. The fraction of sp³-hybridized carbons (Fsp3) is 0.200. The maximum absolute atomic E-state index is 11.8. The lowest BCUT2D eigenvalue weighted by Crippen LogP contribution is -1.95. The Bertz CT molecular complexity index is 651. The van der Waals surface area contributed by atoms with E-state index in [4.69, 9.17) is 0 Å². The molecule has 0 saturated carbocycles. The van der Waals surface area contributed by atoms with Crippen molar-refractivity contribution in [1.29, 1.82) is 0 Å². The van der Waals surface area contributed by atoms with E-state index in [1.54, 1.807) is 12.5 Å². The van der Waals surface area contributed by atoms with Gasteiger partial charge in [0, 0.05) is 32.4 Å². The number of hydrogen-bond donors (Lipinski definition) is 1. The largest absolute Gasteiger partial charge is 0.347 e. The van der Waals surface area contributed by atoms with Gasteiger partial charge in [-0.25, -0.2) is 0 Å². The highest BCUT2D eigenvalue weighted by Crippen LogP contribution is 2.35. The van der Waals surface area contributed by atoms with E-state index < -0.39 is 21.6 Å². The second kappa shape index (κ2) is 4.95. The summed E-state index contributed by atoms with van der Waals surface area (Å²) in [7, 11) is -2.38. The fourth-order valence-electron chi connectivity index (χ4n) is 1.67. The number of fused-ring (bicyclic) bond motifs is 1. The molecule has 1 heterocycles. The molecule has 0 radical (unpaired) electrons. The first-order chi connectivity index (χ1) is 7.91. The van der Waals surface area contributed by atoms with Crippen LogP contribution in [0.2, 0.25) is 0 Å². The molecule has 92 valence electrons. The van der Waals surface area contributed by atoms with E-state index in [0.29, 0.717) is 9.92 Å². The van der Waals surface area contributed by atoms with Crippen LogP contribution in [0.3, 0.4) is 0 Å². The molecule has 7 heteroatoms. The van der Waals surface area contributed by atoms with Gasteiger partial charge >= 0.3 is 0 Å². The lowest BCUT2D eigenvalue weighted by atomic mass is 10.2. The average molecular weight is 399 g/mol. The summed E-state index contributed by atoms with van der Waals surface area (Å²) in [4.78, 5) is 3.68. The lowest BCUT2D eigenvalue weighted by molar-refractivity contribution is 0.677. The molecular weight excluding hydrogens is 390 g/mol. The van der Waals surface area contributed by atoms with Gasteiger partial charge in [-0.05, 0) is 12.1 Å². The minimum absolute atomic E-state index is 0.527. The van der Waals surface area contributed by atoms with Crippen LogP contribution in [-0.4, -0.2) is 25.9 Å². The van der Waals surface area contributed by atoms with Crippen molar-refractivity contribution in [3.8, 4) is 0 Å². The van der Waals surface area contributed by atoms with Crippen LogP contribution in [0.5, 0.6) is 0 Å². The zero-order valence-corrected chi connectivity index (χ0v) is 13.8. The summed E-state index contributed by atoms with van der Waals surface area (Å²) in [5.74, 6) is 0. The van der Waals surface area contributed by atoms with Crippen LogP contribution in [-0.2, 0) is 21.6 Å². The minimum atomic E-state index is -1.19. The van der Waals surface area contributed by atoms with Gasteiger partial charge in [0.15, 0.2) is 0 Å². The van der Waals surface area contributed by atoms with Crippen LogP contribution < -0.4 is 0 Å². The Morgan fingerprint density at radius 3 is 2.29 bits per heavy atom. The van der Waals surface area contributed by atoms with Crippen LogP contribution in [0.25, 0.3) is 10.9 Å². The third kappa shape index (κ3) is 2.43. The van der Waals surface area contributed by atoms with Gasteiger partial charge in [-0.15, -0.1) is 0 Å². The first-order valence-electron chi connectivity index (χ1n) is 4.59. The van der Waals surface area contributed by atoms with Gasteiger partial charge in [0.1, 0.15) is 5.03 Å². The lowest BCUT2D eigenvalue weighted by Gasteiger charge is -2.00. The summed E-state index contributed by atoms with van der Waals surface area (Å²) in [6.07, 6.45) is 3.16. The second-order valence-electron chi connectivity index (χ2n) is 3.50. The smallest absolute Gasteiger partial charge is 0.121 e. The number of H-pyrrole nitrogens is 1. The minimum Gasteiger partial charge on any atom is -0.347 e. The summed E-state index contributed by atoms with van der Waals surface area (Å²) in [5, 5.41) is 1.36. The van der Waals surface area contributed by atoms with Crippen molar-refractivity contribution in [2.45, 2.75) is 9.92 Å². The molecule has 3 nitrogen and oxygen atoms in total. The van der Waals surface area contributed by atoms with E-state index in [1.807, 2.05) is 12.1 Å². The Labute approximate surface area is 121 Å². The molecule has 0 amide bonds. The molecule has 2 rings (SSSR count). The third-order valence-electron chi connectivity index (χ3n) is 2.31. The zero-order valence-electron chi connectivity index (χ0n) is 9.04. The van der Waals surface area contributed by atoms with Crippen LogP contribution in [0.4, 0.5) is 0 Å². The summed E-state index contributed by atoms with van der Waals surface area (Å²) >= 11 is 6.84. The number of benzene rings is 1. The van der Waals surface area contributed by atoms with Gasteiger partial charge in [-0.2, -0.15) is 0 Å². The predicted octanol–water partition coefficient (Wildman–Crippen LogP) is 3.17. The van der Waals surface area contributed by atoms with Crippen molar-refractivity contribution < 1.29 is 8.42 Å². The number of rotatable bonds is 2. The van der Waals surface area contributed by atoms with Crippen molar-refractivity contribution in [2.75, 3.05) is 12.5 Å². The molecule has 0 aliphatic heterocycles. The Kier molecular flexibility index (Phi) is 3.92. The monoisotopic (exact) mass is 397 g/mol. The molecule has 0 saturated heterocycles. The van der Waals surface area contributed by atoms with Crippen LogP contribution >= 0.6 is 31.9 Å². The van der Waals surface area contributed by atoms with E-state index in [1.165, 1.54) is 0 Å². The topological polar surface area (TPSA) is 49.9 Å². The van der Waals surface area contributed by atoms with Crippen molar-refractivity contribution in [1.82, 2.24) is 4.98 Å². The molecule has 0 spiro atoms. The van der Waals surface area contributed by atoms with E-state index in [-0.39, 0.29) is 0 Å². The molecule has 0 aliphatic rings. The molecule has 1 aromatic heterocycles. The summed E-state index contributed by atoms with van der Waals surface area (Å²) in [6.45, 7) is 0. The molecule has 0 aliphatic carbocycles. The fourth-order valence-corrected chi connectivity index (χ4v) is 5.37. The zero-order chi connectivity index (χ0) is 12.7. The highest BCUT2D eigenvalue weighted by Gasteiger charge is 2.19. The quantitative estimate of drug-likeness (QED) is 0.844. The van der Waals surface area contributed by atoms with E-state index in [0.717, 1.165) is 19.8 Å². The second-order valence-corrected chi connectivity index (χ2v) is 7.90. The van der Waals surface area contributed by atoms with E-state index in [9.17, 15) is 8.42 Å². The number of hydrogen-bond acceptors (Lipinski definition) is 2. The molecule has 2 aromatic rings. The normalized spacial score (nSPS) is 15.1. The van der Waals surface area contributed by atoms with Gasteiger partial charge < -0.3 is 4.98 Å². The standard InChI is InChI=1S/C10H9Br2NO2S2/c1-16(14)9-8-6(12)3-5(11)4-7(8)13-10(9)17(2)15/h3-4,13H,1-2H3. The molecule has 2 unspecified atom stereocenters. The van der Waals surface area contributed by atoms with Crippen molar-refractivity contribution >= 4 is 64.4 Å². The molecule has 0 bridgehead atoms. The third-order valence-corrected chi connectivity index (χ3v) is 5.39. The predicted molar refractivity (Wildman–Crippen MR) is 78.4 cm³/mol. The number of aromatic nitrogens is 1. The summed E-state index contributed by atoms with van der Waals surface area (Å²) in [5.41, 5.74) is 0.821. The Balaban J connectivity index is 2.95. The van der Waals surface area contributed by atoms with E-state index >= 15 is 0 Å². The molecule has 2 atom stereocenters. The molecule has 0 fully saturated rings. The van der Waals surface area contributed by atoms with Crippen molar-refractivity contribution in [3.63, 3.8) is 0 Å². The Hall–Kier alpha value is 0.0200. The van der Waals surface area contributed by atoms with Gasteiger partial charge in [0.05, 0.1) is 26.5 Å². The maximum atomic E-state index is 11.8. The first kappa shape index (κ1) is 13.5. The number of halogens is 2. The Morgan fingerprint density at radius 2 is 1.76 bits per heavy atom. The summed E-state index contributed by atoms with van der Waals surface area (Å²) < 4.78 is 25.2. The van der Waals surface area contributed by atoms with Gasteiger partial charge in [-0.1, -0.05) is 31.9 Å². The van der Waals surface area contributed by atoms with Gasteiger partial charge in [0.2, 0.25) is 0 Å². The molecule has 1 aromatic carbocycles. The van der Waals surface area contributed by atoms with Crippen LogP contribution in [0, 0.1) is 0 Å². The van der Waals surface area contributed by atoms with Gasteiger partial charge in [-0.3, -0.25) is 8.42 Å². The highest BCUT2D eigenvalue weighted by molar-refractivity contribution is 9.11. The van der Waals surface area contributed by atoms with Crippen molar-refractivity contribution in [3.05, 3.63) is 21.1 Å². The summed E-state index contributed by atoms with van der Waals surface area (Å²) in [6, 6.07) is 3.77. The number of aromatic amines is 1. The first-order valence-corrected chi connectivity index (χ1v) is 9.29. The molecule has 17 heavy (non-hydrogen) atoms. The average Bonchev–Trinajstić information content (AvgIpc) is 2.56. The highest BCUT2D eigenvalue weighted by atomic mass is 79.9. The Morgan fingerprint density at radius 1 is 1.12 bits per heavy atom. The van der Waals surface area contributed by atoms with E-state index in [2.05, 4.69) is 36.8 Å². The SMILES string of the molecule is CS(=O)c1[nH]c2cc(Br)cc(Br)c2c1S(C)=O. The number of nitrogens with one attached hydrogen (secondary N) is 1. The van der Waals surface area contributed by atoms with Crippen LogP contribution in [0.15, 0.2) is 31.0 Å². The van der Waals surface area contributed by atoms with Gasteiger partial charge in [0.25, 0.3) is 0 Å². The van der Waals surface area contributed by atoms with Crippen molar-refractivity contribution in [2.24, 2.45) is 0 Å². The van der Waals surface area contributed by atoms with Crippen LogP contribution in [0.1, 0.15) is 0 Å².